The molecule has 0 saturated heterocycles. The van der Waals surface area contributed by atoms with E-state index in [-0.39, 0.29) is 6.09 Å². The summed E-state index contributed by atoms with van der Waals surface area (Å²) in [4.78, 5) is 13.4. The summed E-state index contributed by atoms with van der Waals surface area (Å²) < 4.78 is 5.27. The first-order chi connectivity index (χ1) is 10.2. The van der Waals surface area contributed by atoms with Gasteiger partial charge in [0.15, 0.2) is 0 Å². The van der Waals surface area contributed by atoms with Crippen LogP contribution in [0.4, 0.5) is 4.79 Å². The van der Waals surface area contributed by atoms with Gasteiger partial charge in [-0.25, -0.2) is 4.79 Å². The van der Waals surface area contributed by atoms with Crippen LogP contribution >= 0.6 is 0 Å². The number of hydrogen-bond donors (Lipinski definition) is 2. The van der Waals surface area contributed by atoms with E-state index < -0.39 is 15.2 Å². The molecule has 0 atom stereocenters. The Morgan fingerprint density at radius 2 is 2.00 bits per heavy atom. The zero-order valence-corrected chi connectivity index (χ0v) is 14.9. The highest BCUT2D eigenvalue weighted by molar-refractivity contribution is 6.76. The summed E-state index contributed by atoms with van der Waals surface area (Å²) >= 11 is 0. The number of benzene rings is 1. The van der Waals surface area contributed by atoms with Crippen molar-refractivity contribution in [1.82, 2.24) is 4.90 Å². The molecule has 0 aliphatic rings. The van der Waals surface area contributed by atoms with Crippen molar-refractivity contribution >= 4 is 26.7 Å². The minimum Gasteiger partial charge on any atom is -0.450 e. The fraction of sp³-hybridized carbons (Fsp3) is 0.533. The van der Waals surface area contributed by atoms with Crippen molar-refractivity contribution < 1.29 is 19.6 Å². The summed E-state index contributed by atoms with van der Waals surface area (Å²) in [6.45, 7) is 7.73. The third-order valence-electron chi connectivity index (χ3n) is 3.37. The number of carbonyl (C=O) groups is 1. The van der Waals surface area contributed by atoms with Gasteiger partial charge in [0.1, 0.15) is 0 Å². The Bertz CT molecular complexity index is 491. The highest BCUT2D eigenvalue weighted by Crippen LogP contribution is 2.08. The van der Waals surface area contributed by atoms with Crippen molar-refractivity contribution in [3.05, 3.63) is 29.8 Å². The van der Waals surface area contributed by atoms with E-state index in [9.17, 15) is 4.79 Å². The second-order valence-electron chi connectivity index (χ2n) is 6.72. The highest BCUT2D eigenvalue weighted by atomic mass is 28.3. The van der Waals surface area contributed by atoms with E-state index >= 15 is 0 Å². The molecular weight excluding hydrogens is 297 g/mol. The van der Waals surface area contributed by atoms with Gasteiger partial charge in [0.2, 0.25) is 0 Å². The molecule has 22 heavy (non-hydrogen) atoms. The fourth-order valence-corrected chi connectivity index (χ4v) is 2.57. The average molecular weight is 323 g/mol. The summed E-state index contributed by atoms with van der Waals surface area (Å²) in [5.41, 5.74) is 1.41. The molecule has 1 amide bonds. The molecule has 5 nitrogen and oxygen atoms in total. The molecule has 0 aromatic heterocycles. The van der Waals surface area contributed by atoms with Crippen LogP contribution in [0.15, 0.2) is 24.3 Å². The Hall–Kier alpha value is -1.31. The van der Waals surface area contributed by atoms with E-state index in [0.29, 0.717) is 25.0 Å². The first-order valence-electron chi connectivity index (χ1n) is 7.52. The van der Waals surface area contributed by atoms with Crippen molar-refractivity contribution in [3.63, 3.8) is 0 Å². The van der Waals surface area contributed by atoms with E-state index in [0.717, 1.165) is 11.6 Å². The predicted molar refractivity (Wildman–Crippen MR) is 92.1 cm³/mol. The lowest BCUT2D eigenvalue weighted by atomic mass is 9.79. The number of ether oxygens (including phenoxy) is 1. The molecule has 2 N–H and O–H groups in total. The van der Waals surface area contributed by atoms with Crippen LogP contribution < -0.4 is 5.46 Å². The van der Waals surface area contributed by atoms with Crippen LogP contribution in [0.3, 0.4) is 0 Å². The van der Waals surface area contributed by atoms with Crippen molar-refractivity contribution in [3.8, 4) is 0 Å². The van der Waals surface area contributed by atoms with Crippen LogP contribution in [0, 0.1) is 0 Å². The standard InChI is InChI=1S/C15H26BNO4Si/c1-17(15(18)21-10-11-22(2,3)4)9-8-13-6-5-7-14(12-13)16(19)20/h5-7,12,19-20H,8-11H2,1-4H3. The molecule has 0 heterocycles. The van der Waals surface area contributed by atoms with Gasteiger partial charge in [0.25, 0.3) is 0 Å². The Balaban J connectivity index is 2.40. The molecule has 0 spiro atoms. The van der Waals surface area contributed by atoms with Crippen molar-refractivity contribution in [2.24, 2.45) is 0 Å². The number of carbonyl (C=O) groups excluding carboxylic acids is 1. The van der Waals surface area contributed by atoms with E-state index in [1.54, 1.807) is 30.1 Å². The monoisotopic (exact) mass is 323 g/mol. The molecule has 0 saturated carbocycles. The zero-order chi connectivity index (χ0) is 16.8. The number of nitrogens with zero attached hydrogens (tertiary/aromatic N) is 1. The summed E-state index contributed by atoms with van der Waals surface area (Å²) in [6.07, 6.45) is 0.330. The van der Waals surface area contributed by atoms with E-state index in [1.165, 1.54) is 0 Å². The number of rotatable bonds is 7. The van der Waals surface area contributed by atoms with E-state index in [1.807, 2.05) is 6.07 Å². The van der Waals surface area contributed by atoms with Crippen molar-refractivity contribution in [1.29, 1.82) is 0 Å². The van der Waals surface area contributed by atoms with Gasteiger partial charge in [-0.15, -0.1) is 0 Å². The predicted octanol–water partition coefficient (Wildman–Crippen LogP) is 1.32. The Morgan fingerprint density at radius 1 is 1.32 bits per heavy atom. The van der Waals surface area contributed by atoms with E-state index in [2.05, 4.69) is 19.6 Å². The molecule has 1 rings (SSSR count). The Labute approximate surface area is 134 Å². The molecule has 7 heteroatoms. The first-order valence-corrected chi connectivity index (χ1v) is 11.2. The maximum atomic E-state index is 11.9. The molecule has 1 aromatic rings. The molecule has 0 bridgehead atoms. The maximum absolute atomic E-state index is 11.9. The molecule has 0 aliphatic heterocycles. The van der Waals surface area contributed by atoms with Gasteiger partial charge in [-0.1, -0.05) is 43.9 Å². The van der Waals surface area contributed by atoms with Crippen LogP contribution in [0.5, 0.6) is 0 Å². The van der Waals surface area contributed by atoms with Crippen LogP contribution in [-0.4, -0.2) is 56.4 Å². The SMILES string of the molecule is CN(CCc1cccc(B(O)O)c1)C(=O)OCC[Si](C)(C)C. The van der Waals surface area contributed by atoms with Gasteiger partial charge in [-0.05, 0) is 23.5 Å². The van der Waals surface area contributed by atoms with Gasteiger partial charge >= 0.3 is 13.2 Å². The van der Waals surface area contributed by atoms with Crippen LogP contribution in [0.25, 0.3) is 0 Å². The number of hydrogen-bond acceptors (Lipinski definition) is 4. The quantitative estimate of drug-likeness (QED) is 0.743. The maximum Gasteiger partial charge on any atom is 0.488 e. The lowest BCUT2D eigenvalue weighted by Gasteiger charge is -2.19. The summed E-state index contributed by atoms with van der Waals surface area (Å²) in [7, 11) is -0.949. The first kappa shape index (κ1) is 18.7. The molecule has 0 aliphatic carbocycles. The third-order valence-corrected chi connectivity index (χ3v) is 5.08. The third kappa shape index (κ3) is 7.11. The summed E-state index contributed by atoms with van der Waals surface area (Å²) in [6, 6.07) is 8.02. The number of amides is 1. The van der Waals surface area contributed by atoms with Crippen molar-refractivity contribution in [2.75, 3.05) is 20.2 Å². The average Bonchev–Trinajstić information content (AvgIpc) is 2.43. The van der Waals surface area contributed by atoms with Crippen LogP contribution in [-0.2, 0) is 11.2 Å². The topological polar surface area (TPSA) is 70.0 Å². The lowest BCUT2D eigenvalue weighted by molar-refractivity contribution is 0.116. The van der Waals surface area contributed by atoms with Gasteiger partial charge in [0, 0.05) is 21.7 Å². The van der Waals surface area contributed by atoms with Gasteiger partial charge in [-0.2, -0.15) is 0 Å². The lowest BCUT2D eigenvalue weighted by Crippen LogP contribution is -2.32. The molecule has 0 fully saturated rings. The second kappa shape index (κ2) is 8.36. The molecule has 122 valence electrons. The van der Waals surface area contributed by atoms with E-state index in [4.69, 9.17) is 14.8 Å². The van der Waals surface area contributed by atoms with Gasteiger partial charge in [-0.3, -0.25) is 0 Å². The molecule has 0 unspecified atom stereocenters. The second-order valence-corrected chi connectivity index (χ2v) is 12.3. The van der Waals surface area contributed by atoms with Crippen LogP contribution in [0.2, 0.25) is 25.7 Å². The highest BCUT2D eigenvalue weighted by Gasteiger charge is 2.16. The smallest absolute Gasteiger partial charge is 0.450 e. The van der Waals surface area contributed by atoms with Gasteiger partial charge in [0.05, 0.1) is 6.61 Å². The zero-order valence-electron chi connectivity index (χ0n) is 13.9. The molecule has 0 radical (unpaired) electrons. The Kier molecular flexibility index (Phi) is 7.12. The summed E-state index contributed by atoms with van der Waals surface area (Å²) in [5, 5.41) is 18.3. The number of likely N-dealkylation sites (N-methyl/N-ethyl adjacent to an activating group) is 1. The van der Waals surface area contributed by atoms with Crippen LogP contribution in [0.1, 0.15) is 5.56 Å². The minimum absolute atomic E-state index is 0.309. The van der Waals surface area contributed by atoms with Crippen molar-refractivity contribution in [2.45, 2.75) is 32.1 Å². The summed E-state index contributed by atoms with van der Waals surface area (Å²) in [5.74, 6) is 0. The van der Waals surface area contributed by atoms with Gasteiger partial charge < -0.3 is 19.7 Å². The largest absolute Gasteiger partial charge is 0.488 e. The fourth-order valence-electron chi connectivity index (χ4n) is 1.85. The normalized spacial score (nSPS) is 11.2. The molecule has 1 aromatic carbocycles. The Morgan fingerprint density at radius 3 is 2.59 bits per heavy atom. The minimum atomic E-state index is -1.47. The molecular formula is C15H26BNO4Si.